The largest absolute Gasteiger partial charge is 0.388 e. The molecule has 1 unspecified atom stereocenters. The van der Waals surface area contributed by atoms with Crippen molar-refractivity contribution in [1.29, 1.82) is 0 Å². The van der Waals surface area contributed by atoms with Crippen molar-refractivity contribution in [2.24, 2.45) is 0 Å². The minimum Gasteiger partial charge on any atom is -0.388 e. The number of amides is 1. The Morgan fingerprint density at radius 1 is 1.36 bits per heavy atom. The number of benzene rings is 1. The fourth-order valence-electron chi connectivity index (χ4n) is 2.08. The zero-order valence-corrected chi connectivity index (χ0v) is 14.2. The molecule has 0 aromatic heterocycles. The van der Waals surface area contributed by atoms with E-state index in [2.05, 4.69) is 4.72 Å². The van der Waals surface area contributed by atoms with Crippen molar-refractivity contribution in [2.45, 2.75) is 16.9 Å². The molecule has 8 heteroatoms. The average Bonchev–Trinajstić information content (AvgIpc) is 2.92. The van der Waals surface area contributed by atoms with Gasteiger partial charge in [-0.05, 0) is 36.4 Å². The number of nitrogens with zero attached hydrogens (tertiary/aromatic N) is 1. The van der Waals surface area contributed by atoms with Crippen LogP contribution in [0.1, 0.15) is 16.8 Å². The van der Waals surface area contributed by atoms with Gasteiger partial charge in [-0.3, -0.25) is 4.79 Å². The number of rotatable bonds is 5. The van der Waals surface area contributed by atoms with Crippen molar-refractivity contribution in [3.63, 3.8) is 0 Å². The summed E-state index contributed by atoms with van der Waals surface area (Å²) in [5.41, 5.74) is -0.548. The first-order valence-corrected chi connectivity index (χ1v) is 9.49. The summed E-state index contributed by atoms with van der Waals surface area (Å²) in [5.74, 6) is 1.18. The molecule has 0 saturated carbocycles. The van der Waals surface area contributed by atoms with Gasteiger partial charge in [0.25, 0.3) is 5.91 Å². The molecule has 1 aromatic carbocycles. The molecule has 1 atom stereocenters. The number of carbonyl (C=O) groups excluding carboxylic acids is 1. The molecule has 0 bridgehead atoms. The summed E-state index contributed by atoms with van der Waals surface area (Å²) >= 11 is 1.61. The van der Waals surface area contributed by atoms with Crippen molar-refractivity contribution >= 4 is 27.7 Å². The van der Waals surface area contributed by atoms with E-state index in [0.717, 1.165) is 5.75 Å². The molecule has 0 spiro atoms. The van der Waals surface area contributed by atoms with Crippen molar-refractivity contribution < 1.29 is 18.3 Å². The Bertz CT molecular complexity index is 635. The minimum absolute atomic E-state index is 0.000707. The smallest absolute Gasteiger partial charge is 0.253 e. The molecule has 1 saturated heterocycles. The highest BCUT2D eigenvalue weighted by Crippen LogP contribution is 2.27. The van der Waals surface area contributed by atoms with E-state index in [-0.39, 0.29) is 17.3 Å². The van der Waals surface area contributed by atoms with Gasteiger partial charge in [-0.15, -0.1) is 0 Å². The van der Waals surface area contributed by atoms with Crippen LogP contribution in [0, 0.1) is 0 Å². The van der Waals surface area contributed by atoms with E-state index >= 15 is 0 Å². The minimum atomic E-state index is -3.69. The maximum atomic E-state index is 12.2. The van der Waals surface area contributed by atoms with E-state index in [4.69, 9.17) is 0 Å². The maximum absolute atomic E-state index is 12.2. The first-order chi connectivity index (χ1) is 10.2. The Balaban J connectivity index is 2.07. The highest BCUT2D eigenvalue weighted by molar-refractivity contribution is 7.99. The van der Waals surface area contributed by atoms with Gasteiger partial charge < -0.3 is 10.0 Å². The Morgan fingerprint density at radius 2 is 2.00 bits per heavy atom. The van der Waals surface area contributed by atoms with Gasteiger partial charge in [0.1, 0.15) is 0 Å². The Morgan fingerprint density at radius 3 is 2.50 bits per heavy atom. The SMILES string of the molecule is CN(C)C(=O)c1ccc(S(=O)(=O)NCC2(O)CCSC2)cc1. The van der Waals surface area contributed by atoms with Gasteiger partial charge >= 0.3 is 0 Å². The number of hydrogen-bond acceptors (Lipinski definition) is 5. The van der Waals surface area contributed by atoms with Crippen LogP contribution in [-0.2, 0) is 10.0 Å². The van der Waals surface area contributed by atoms with Crippen molar-refractivity contribution in [3.05, 3.63) is 29.8 Å². The van der Waals surface area contributed by atoms with Crippen LogP contribution >= 0.6 is 11.8 Å². The number of sulfonamides is 1. The fraction of sp³-hybridized carbons (Fsp3) is 0.500. The molecule has 1 amide bonds. The molecule has 0 aliphatic carbocycles. The average molecular weight is 344 g/mol. The summed E-state index contributed by atoms with van der Waals surface area (Å²) in [6.45, 7) is 0.000707. The zero-order valence-electron chi connectivity index (χ0n) is 12.6. The summed E-state index contributed by atoms with van der Waals surface area (Å²) in [4.78, 5) is 13.3. The fourth-order valence-corrected chi connectivity index (χ4v) is 4.50. The molecule has 1 aliphatic rings. The van der Waals surface area contributed by atoms with Crippen molar-refractivity contribution in [3.8, 4) is 0 Å². The van der Waals surface area contributed by atoms with Gasteiger partial charge in [0.15, 0.2) is 0 Å². The Kier molecular flexibility index (Phi) is 5.16. The van der Waals surface area contributed by atoms with Crippen LogP contribution in [0.3, 0.4) is 0 Å². The van der Waals surface area contributed by atoms with Crippen LogP contribution < -0.4 is 4.72 Å². The summed E-state index contributed by atoms with van der Waals surface area (Å²) < 4.78 is 26.9. The molecule has 2 N–H and O–H groups in total. The molecule has 1 fully saturated rings. The highest BCUT2D eigenvalue weighted by Gasteiger charge is 2.33. The molecule has 122 valence electrons. The van der Waals surface area contributed by atoms with E-state index in [9.17, 15) is 18.3 Å². The molecule has 22 heavy (non-hydrogen) atoms. The standard InChI is InChI=1S/C14H20N2O4S2/c1-16(2)13(17)11-3-5-12(6-4-11)22(19,20)15-9-14(18)7-8-21-10-14/h3-6,15,18H,7-10H2,1-2H3. The van der Waals surface area contributed by atoms with Gasteiger partial charge in [-0.2, -0.15) is 11.8 Å². The topological polar surface area (TPSA) is 86.7 Å². The number of nitrogens with one attached hydrogen (secondary N) is 1. The van der Waals surface area contributed by atoms with Crippen LogP contribution in [0.5, 0.6) is 0 Å². The third-order valence-corrected chi connectivity index (χ3v) is 6.14. The predicted octanol–water partition coefficient (Wildman–Crippen LogP) is 0.535. The molecular weight excluding hydrogens is 324 g/mol. The van der Waals surface area contributed by atoms with Gasteiger partial charge in [0, 0.05) is 32.0 Å². The van der Waals surface area contributed by atoms with Gasteiger partial charge in [-0.25, -0.2) is 13.1 Å². The predicted molar refractivity (Wildman–Crippen MR) is 86.5 cm³/mol. The van der Waals surface area contributed by atoms with Crippen LogP contribution in [0.25, 0.3) is 0 Å². The second kappa shape index (κ2) is 6.57. The van der Waals surface area contributed by atoms with Crippen LogP contribution in [0.2, 0.25) is 0 Å². The number of aliphatic hydroxyl groups is 1. The molecule has 6 nitrogen and oxygen atoms in total. The van der Waals surface area contributed by atoms with Crippen LogP contribution in [0.4, 0.5) is 0 Å². The third kappa shape index (κ3) is 4.01. The normalized spacial score (nSPS) is 21.8. The summed E-state index contributed by atoms with van der Waals surface area (Å²) in [5, 5.41) is 10.2. The molecule has 1 aliphatic heterocycles. The quantitative estimate of drug-likeness (QED) is 0.814. The lowest BCUT2D eigenvalue weighted by molar-refractivity contribution is 0.0734. The second-order valence-corrected chi connectivity index (χ2v) is 8.45. The Hall–Kier alpha value is -1.09. The van der Waals surface area contributed by atoms with E-state index in [1.807, 2.05) is 0 Å². The van der Waals surface area contributed by atoms with E-state index < -0.39 is 15.6 Å². The van der Waals surface area contributed by atoms with Crippen molar-refractivity contribution in [2.75, 3.05) is 32.1 Å². The number of carbonyl (C=O) groups is 1. The highest BCUT2D eigenvalue weighted by atomic mass is 32.2. The third-order valence-electron chi connectivity index (χ3n) is 3.49. The molecule has 1 aromatic rings. The lowest BCUT2D eigenvalue weighted by atomic mass is 10.1. The molecule has 1 heterocycles. The second-order valence-electron chi connectivity index (χ2n) is 5.58. The lowest BCUT2D eigenvalue weighted by Gasteiger charge is -2.21. The summed E-state index contributed by atoms with van der Waals surface area (Å²) in [6, 6.07) is 5.76. The van der Waals surface area contributed by atoms with Crippen LogP contribution in [0.15, 0.2) is 29.2 Å². The van der Waals surface area contributed by atoms with Gasteiger partial charge in [0.2, 0.25) is 10.0 Å². The first kappa shape index (κ1) is 17.3. The lowest BCUT2D eigenvalue weighted by Crippen LogP contribution is -2.42. The van der Waals surface area contributed by atoms with Crippen LogP contribution in [-0.4, -0.2) is 62.1 Å². The van der Waals surface area contributed by atoms with E-state index in [1.165, 1.54) is 29.2 Å². The van der Waals surface area contributed by atoms with Gasteiger partial charge in [-0.1, -0.05) is 0 Å². The summed E-state index contributed by atoms with van der Waals surface area (Å²) in [7, 11) is -0.425. The van der Waals surface area contributed by atoms with Gasteiger partial charge in [0.05, 0.1) is 10.5 Å². The van der Waals surface area contributed by atoms with Crippen molar-refractivity contribution in [1.82, 2.24) is 9.62 Å². The maximum Gasteiger partial charge on any atom is 0.253 e. The van der Waals surface area contributed by atoms with E-state index in [0.29, 0.717) is 17.7 Å². The summed E-state index contributed by atoms with van der Waals surface area (Å²) in [6.07, 6.45) is 0.580. The van der Waals surface area contributed by atoms with E-state index in [1.54, 1.807) is 25.9 Å². The molecular formula is C14H20N2O4S2. The monoisotopic (exact) mass is 344 g/mol. The molecule has 0 radical (unpaired) electrons. The Labute approximate surface area is 134 Å². The zero-order chi connectivity index (χ0) is 16.4. The first-order valence-electron chi connectivity index (χ1n) is 6.85. The molecule has 2 rings (SSSR count). The number of hydrogen-bond donors (Lipinski definition) is 2. The number of thioether (sulfide) groups is 1.